The van der Waals surface area contributed by atoms with Crippen molar-refractivity contribution >= 4 is 27.5 Å². The van der Waals surface area contributed by atoms with Crippen LogP contribution in [0.25, 0.3) is 0 Å². The van der Waals surface area contributed by atoms with Crippen molar-refractivity contribution < 1.29 is 14.3 Å². The van der Waals surface area contributed by atoms with E-state index >= 15 is 0 Å². The molecule has 0 aromatic heterocycles. The molecule has 2 aromatic rings. The Bertz CT molecular complexity index is 748. The number of fused-ring (bicyclic) bond motifs is 1. The van der Waals surface area contributed by atoms with Gasteiger partial charge in [0.25, 0.3) is 0 Å². The second-order valence-corrected chi connectivity index (χ2v) is 6.18. The van der Waals surface area contributed by atoms with Crippen LogP contribution < -0.4 is 20.1 Å². The van der Waals surface area contributed by atoms with Crippen molar-refractivity contribution in [2.24, 2.45) is 5.73 Å². The summed E-state index contributed by atoms with van der Waals surface area (Å²) < 4.78 is 11.7. The number of rotatable bonds is 2. The number of benzene rings is 2. The summed E-state index contributed by atoms with van der Waals surface area (Å²) in [5, 5.41) is 0. The molecule has 0 saturated carbocycles. The Morgan fingerprint density at radius 3 is 2.59 bits per heavy atom. The van der Waals surface area contributed by atoms with Gasteiger partial charge in [-0.05, 0) is 29.8 Å². The fourth-order valence-corrected chi connectivity index (χ4v) is 3.11. The quantitative estimate of drug-likeness (QED) is 0.836. The van der Waals surface area contributed by atoms with Gasteiger partial charge in [-0.25, -0.2) is 0 Å². The largest absolute Gasteiger partial charge is 0.454 e. The summed E-state index contributed by atoms with van der Waals surface area (Å²) in [6.07, 6.45) is 0. The molecule has 5 nitrogen and oxygen atoms in total. The Morgan fingerprint density at radius 1 is 1.09 bits per heavy atom. The summed E-state index contributed by atoms with van der Waals surface area (Å²) in [7, 11) is 0. The fraction of sp³-hybridized carbons (Fsp3) is 0.188. The topological polar surface area (TPSA) is 64.8 Å². The van der Waals surface area contributed by atoms with Crippen molar-refractivity contribution in [1.82, 2.24) is 0 Å². The van der Waals surface area contributed by atoms with Crippen molar-refractivity contribution in [3.8, 4) is 11.5 Å². The minimum atomic E-state index is -0.522. The number of nitrogens with zero attached hydrogens (tertiary/aromatic N) is 1. The molecule has 6 heteroatoms. The van der Waals surface area contributed by atoms with Gasteiger partial charge >= 0.3 is 0 Å². The number of nitrogens with two attached hydrogens (primary N) is 1. The van der Waals surface area contributed by atoms with Crippen LogP contribution in [0.5, 0.6) is 11.5 Å². The lowest BCUT2D eigenvalue weighted by Gasteiger charge is -2.45. The van der Waals surface area contributed by atoms with Crippen molar-refractivity contribution in [2.45, 2.75) is 12.1 Å². The van der Waals surface area contributed by atoms with Gasteiger partial charge in [0.1, 0.15) is 6.04 Å². The van der Waals surface area contributed by atoms with E-state index in [2.05, 4.69) is 15.9 Å². The first-order valence-electron chi connectivity index (χ1n) is 6.89. The highest BCUT2D eigenvalue weighted by Crippen LogP contribution is 2.42. The van der Waals surface area contributed by atoms with E-state index in [-0.39, 0.29) is 18.7 Å². The number of halogens is 1. The first-order valence-corrected chi connectivity index (χ1v) is 7.68. The summed E-state index contributed by atoms with van der Waals surface area (Å²) in [5.74, 6) is 1.26. The van der Waals surface area contributed by atoms with E-state index in [4.69, 9.17) is 15.2 Å². The zero-order chi connectivity index (χ0) is 15.3. The second kappa shape index (κ2) is 5.00. The molecule has 2 aliphatic heterocycles. The monoisotopic (exact) mass is 360 g/mol. The Labute approximate surface area is 135 Å². The highest BCUT2D eigenvalue weighted by molar-refractivity contribution is 9.10. The highest BCUT2D eigenvalue weighted by Gasteiger charge is 2.46. The van der Waals surface area contributed by atoms with E-state index < -0.39 is 6.04 Å². The zero-order valence-electron chi connectivity index (χ0n) is 11.5. The van der Waals surface area contributed by atoms with Gasteiger partial charge in [0, 0.05) is 16.2 Å². The van der Waals surface area contributed by atoms with E-state index in [1.165, 1.54) is 0 Å². The standard InChI is InChI=1S/C16H13BrN2O3/c17-10-3-1-9(2-4-10)15-14(18)16(20)19(15)11-5-6-12-13(7-11)22-8-21-12/h1-7,14-15H,8,18H2/t14-,15+/m0/s1. The van der Waals surface area contributed by atoms with Gasteiger partial charge in [-0.2, -0.15) is 0 Å². The van der Waals surface area contributed by atoms with Crippen LogP contribution in [0.15, 0.2) is 46.9 Å². The molecule has 1 saturated heterocycles. The van der Waals surface area contributed by atoms with Crippen molar-refractivity contribution in [1.29, 1.82) is 0 Å². The highest BCUT2D eigenvalue weighted by atomic mass is 79.9. The minimum absolute atomic E-state index is 0.0909. The van der Waals surface area contributed by atoms with Gasteiger partial charge in [-0.3, -0.25) is 4.79 Å². The van der Waals surface area contributed by atoms with Crippen LogP contribution >= 0.6 is 15.9 Å². The normalized spacial score (nSPS) is 22.6. The number of amides is 1. The molecule has 22 heavy (non-hydrogen) atoms. The maximum atomic E-state index is 12.2. The summed E-state index contributed by atoms with van der Waals surface area (Å²) in [5.41, 5.74) is 7.79. The van der Waals surface area contributed by atoms with E-state index in [1.807, 2.05) is 42.5 Å². The SMILES string of the molecule is N[C@@H]1C(=O)N(c2ccc3c(c2)OCO3)[C@@H]1c1ccc(Br)cc1. The maximum absolute atomic E-state index is 12.2. The molecule has 4 rings (SSSR count). The fourth-order valence-electron chi connectivity index (χ4n) is 2.85. The summed E-state index contributed by atoms with van der Waals surface area (Å²) in [4.78, 5) is 13.9. The van der Waals surface area contributed by atoms with Crippen LogP contribution in [0.1, 0.15) is 11.6 Å². The Balaban J connectivity index is 1.70. The number of anilines is 1. The zero-order valence-corrected chi connectivity index (χ0v) is 13.1. The third-order valence-electron chi connectivity index (χ3n) is 3.99. The van der Waals surface area contributed by atoms with Crippen LogP contribution in [0, 0.1) is 0 Å². The molecule has 1 amide bonds. The number of hydrogen-bond acceptors (Lipinski definition) is 4. The number of ether oxygens (including phenoxy) is 2. The maximum Gasteiger partial charge on any atom is 0.247 e. The third kappa shape index (κ3) is 1.99. The Morgan fingerprint density at radius 2 is 1.82 bits per heavy atom. The Hall–Kier alpha value is -2.05. The smallest absolute Gasteiger partial charge is 0.247 e. The molecule has 2 aliphatic rings. The van der Waals surface area contributed by atoms with Gasteiger partial charge in [0.15, 0.2) is 11.5 Å². The average molecular weight is 361 g/mol. The van der Waals surface area contributed by atoms with Gasteiger partial charge in [-0.1, -0.05) is 28.1 Å². The molecule has 2 atom stereocenters. The van der Waals surface area contributed by atoms with Gasteiger partial charge < -0.3 is 20.1 Å². The Kier molecular flexibility index (Phi) is 3.09. The molecule has 0 radical (unpaired) electrons. The van der Waals surface area contributed by atoms with E-state index in [9.17, 15) is 4.79 Å². The number of carbonyl (C=O) groups excluding carboxylic acids is 1. The lowest BCUT2D eigenvalue weighted by Crippen LogP contribution is -2.63. The first kappa shape index (κ1) is 13.6. The lowest BCUT2D eigenvalue weighted by atomic mass is 9.88. The van der Waals surface area contributed by atoms with Crippen LogP contribution in [0.4, 0.5) is 5.69 Å². The predicted octanol–water partition coefficient (Wildman–Crippen LogP) is 2.59. The van der Waals surface area contributed by atoms with Crippen LogP contribution in [0.2, 0.25) is 0 Å². The third-order valence-corrected chi connectivity index (χ3v) is 4.52. The molecule has 2 heterocycles. The predicted molar refractivity (Wildman–Crippen MR) is 84.9 cm³/mol. The molecule has 112 valence electrons. The molecule has 0 bridgehead atoms. The number of hydrogen-bond donors (Lipinski definition) is 1. The van der Waals surface area contributed by atoms with Crippen molar-refractivity contribution in [3.05, 3.63) is 52.5 Å². The number of carbonyl (C=O) groups is 1. The summed E-state index contributed by atoms with van der Waals surface area (Å²) >= 11 is 3.41. The van der Waals surface area contributed by atoms with E-state index in [0.29, 0.717) is 11.5 Å². The molecule has 2 N–H and O–H groups in total. The van der Waals surface area contributed by atoms with Crippen LogP contribution in [-0.4, -0.2) is 18.7 Å². The molecular formula is C16H13BrN2O3. The second-order valence-electron chi connectivity index (χ2n) is 5.27. The molecule has 0 aliphatic carbocycles. The molecule has 0 unspecified atom stereocenters. The molecular weight excluding hydrogens is 348 g/mol. The lowest BCUT2D eigenvalue weighted by molar-refractivity contribution is -0.126. The van der Waals surface area contributed by atoms with Crippen molar-refractivity contribution in [3.63, 3.8) is 0 Å². The number of β-lactam (4-membered cyclic amide) rings is 1. The molecule has 1 fully saturated rings. The van der Waals surface area contributed by atoms with Gasteiger partial charge in [0.2, 0.25) is 12.7 Å². The summed E-state index contributed by atoms with van der Waals surface area (Å²) in [6.45, 7) is 0.211. The van der Waals surface area contributed by atoms with Crippen LogP contribution in [0.3, 0.4) is 0 Å². The van der Waals surface area contributed by atoms with E-state index in [0.717, 1.165) is 15.7 Å². The van der Waals surface area contributed by atoms with Gasteiger partial charge in [0.05, 0.1) is 6.04 Å². The van der Waals surface area contributed by atoms with Gasteiger partial charge in [-0.15, -0.1) is 0 Å². The van der Waals surface area contributed by atoms with Crippen LogP contribution in [-0.2, 0) is 4.79 Å². The first-order chi connectivity index (χ1) is 10.6. The average Bonchev–Trinajstić information content (AvgIpc) is 3.00. The summed E-state index contributed by atoms with van der Waals surface area (Å²) in [6, 6.07) is 12.6. The van der Waals surface area contributed by atoms with E-state index in [1.54, 1.807) is 4.90 Å². The molecule has 2 aromatic carbocycles. The van der Waals surface area contributed by atoms with Crippen molar-refractivity contribution in [2.75, 3.05) is 11.7 Å². The molecule has 0 spiro atoms. The minimum Gasteiger partial charge on any atom is -0.454 e.